The van der Waals surface area contributed by atoms with Crippen LogP contribution in [-0.2, 0) is 0 Å². The Labute approximate surface area is 66.0 Å². The Balaban J connectivity index is 2.77. The van der Waals surface area contributed by atoms with E-state index in [2.05, 4.69) is 27.2 Å². The molecule has 0 nitrogen and oxygen atoms in total. The second-order valence-electron chi connectivity index (χ2n) is 3.29. The lowest BCUT2D eigenvalue weighted by molar-refractivity contribution is 0.570. The molecule has 0 aliphatic carbocycles. The van der Waals surface area contributed by atoms with Crippen LogP contribution in [0.2, 0.25) is 0 Å². The highest BCUT2D eigenvalue weighted by atomic mass is 14.0. The lowest BCUT2D eigenvalue weighted by Crippen LogP contribution is -1.87. The third kappa shape index (κ3) is 8.00. The maximum Gasteiger partial charge on any atom is -0.0173 e. The third-order valence-corrected chi connectivity index (χ3v) is 1.61. The molecular formula is C10H20. The first kappa shape index (κ1) is 10.0. The van der Waals surface area contributed by atoms with Crippen LogP contribution in [0.3, 0.4) is 0 Å². The third-order valence-electron chi connectivity index (χ3n) is 1.61. The summed E-state index contributed by atoms with van der Waals surface area (Å²) < 4.78 is 0. The number of rotatable bonds is 6. The molecule has 10 heavy (non-hydrogen) atoms. The minimum atomic E-state index is 0.842. The van der Waals surface area contributed by atoms with Crippen LogP contribution in [0.5, 0.6) is 0 Å². The lowest BCUT2D eigenvalue weighted by Gasteiger charge is -2.01. The zero-order valence-electron chi connectivity index (χ0n) is 7.61. The smallest absolute Gasteiger partial charge is 0.0173 e. The van der Waals surface area contributed by atoms with Crippen molar-refractivity contribution in [2.75, 3.05) is 0 Å². The van der Waals surface area contributed by atoms with E-state index < -0.39 is 0 Å². The van der Waals surface area contributed by atoms with E-state index in [1.165, 1.54) is 32.1 Å². The Morgan fingerprint density at radius 1 is 1.20 bits per heavy atom. The van der Waals surface area contributed by atoms with E-state index in [0.29, 0.717) is 0 Å². The summed E-state index contributed by atoms with van der Waals surface area (Å²) in [6.07, 6.45) is 9.73. The number of hydrogen-bond acceptors (Lipinski definition) is 0. The van der Waals surface area contributed by atoms with Crippen LogP contribution < -0.4 is 0 Å². The van der Waals surface area contributed by atoms with Crippen molar-refractivity contribution >= 4 is 0 Å². The molecule has 0 unspecified atom stereocenters. The van der Waals surface area contributed by atoms with Crippen LogP contribution in [0.15, 0.2) is 0 Å². The molecule has 0 heteroatoms. The average molecular weight is 140 g/mol. The predicted octanol–water partition coefficient (Wildman–Crippen LogP) is 3.69. The van der Waals surface area contributed by atoms with Crippen LogP contribution in [0.4, 0.5) is 0 Å². The number of unbranched alkanes of at least 4 members (excludes halogenated alkanes) is 4. The van der Waals surface area contributed by atoms with Gasteiger partial charge in [0, 0.05) is 0 Å². The molecule has 0 spiro atoms. The van der Waals surface area contributed by atoms with Gasteiger partial charge in [0.25, 0.3) is 0 Å². The maximum absolute atomic E-state index is 3.42. The molecule has 0 bridgehead atoms. The van der Waals surface area contributed by atoms with E-state index in [0.717, 1.165) is 5.92 Å². The molecular weight excluding hydrogens is 120 g/mol. The molecule has 0 N–H and O–H groups in total. The highest BCUT2D eigenvalue weighted by molar-refractivity contribution is 4.64. The molecule has 0 aromatic carbocycles. The first-order valence-corrected chi connectivity index (χ1v) is 4.48. The quantitative estimate of drug-likeness (QED) is 0.493. The summed E-state index contributed by atoms with van der Waals surface area (Å²) in [6, 6.07) is 0. The molecule has 60 valence electrons. The van der Waals surface area contributed by atoms with Crippen molar-refractivity contribution in [3.05, 3.63) is 6.42 Å². The molecule has 0 aromatic heterocycles. The molecule has 0 saturated heterocycles. The van der Waals surface area contributed by atoms with Crippen molar-refractivity contribution in [2.24, 2.45) is 5.92 Å². The molecule has 0 heterocycles. The van der Waals surface area contributed by atoms with Crippen LogP contribution in [-0.4, -0.2) is 0 Å². The van der Waals surface area contributed by atoms with Gasteiger partial charge in [-0.25, -0.2) is 0 Å². The van der Waals surface area contributed by atoms with Gasteiger partial charge in [-0.2, -0.15) is 0 Å². The van der Waals surface area contributed by atoms with Gasteiger partial charge < -0.3 is 0 Å². The SMILES string of the molecule is CCCC[C]CCC(C)C. The van der Waals surface area contributed by atoms with Gasteiger partial charge in [0.15, 0.2) is 0 Å². The van der Waals surface area contributed by atoms with Crippen LogP contribution in [0, 0.1) is 12.3 Å². The minimum Gasteiger partial charge on any atom is -0.0654 e. The molecule has 0 aliphatic rings. The van der Waals surface area contributed by atoms with Gasteiger partial charge in [0.05, 0.1) is 0 Å². The normalized spacial score (nSPS) is 10.8. The van der Waals surface area contributed by atoms with Gasteiger partial charge in [0.2, 0.25) is 0 Å². The second-order valence-corrected chi connectivity index (χ2v) is 3.29. The molecule has 0 atom stereocenters. The van der Waals surface area contributed by atoms with E-state index in [-0.39, 0.29) is 0 Å². The Morgan fingerprint density at radius 2 is 1.90 bits per heavy atom. The largest absolute Gasteiger partial charge is 0.0654 e. The summed E-state index contributed by atoms with van der Waals surface area (Å²) in [5.41, 5.74) is 0. The zero-order chi connectivity index (χ0) is 7.82. The van der Waals surface area contributed by atoms with Crippen molar-refractivity contribution in [1.29, 1.82) is 0 Å². The molecule has 0 aliphatic heterocycles. The Morgan fingerprint density at radius 3 is 2.40 bits per heavy atom. The highest BCUT2D eigenvalue weighted by Gasteiger charge is 1.93. The van der Waals surface area contributed by atoms with E-state index >= 15 is 0 Å². The summed E-state index contributed by atoms with van der Waals surface area (Å²) in [6.45, 7) is 6.76. The highest BCUT2D eigenvalue weighted by Crippen LogP contribution is 2.08. The van der Waals surface area contributed by atoms with Crippen molar-refractivity contribution in [3.63, 3.8) is 0 Å². The summed E-state index contributed by atoms with van der Waals surface area (Å²) >= 11 is 0. The van der Waals surface area contributed by atoms with Crippen LogP contribution >= 0.6 is 0 Å². The fourth-order valence-electron chi connectivity index (χ4n) is 0.818. The topological polar surface area (TPSA) is 0 Å². The molecule has 0 rings (SSSR count). The minimum absolute atomic E-state index is 0.842. The van der Waals surface area contributed by atoms with Gasteiger partial charge in [-0.3, -0.25) is 0 Å². The second kappa shape index (κ2) is 7.11. The van der Waals surface area contributed by atoms with E-state index in [9.17, 15) is 0 Å². The molecule has 0 aromatic rings. The van der Waals surface area contributed by atoms with E-state index in [4.69, 9.17) is 0 Å². The molecule has 0 fully saturated rings. The van der Waals surface area contributed by atoms with Gasteiger partial charge in [0.1, 0.15) is 0 Å². The Hall–Kier alpha value is 0. The van der Waals surface area contributed by atoms with E-state index in [1.54, 1.807) is 0 Å². The molecule has 0 amide bonds. The van der Waals surface area contributed by atoms with Crippen molar-refractivity contribution < 1.29 is 0 Å². The first-order chi connectivity index (χ1) is 4.77. The molecule has 0 saturated carbocycles. The van der Waals surface area contributed by atoms with Gasteiger partial charge in [-0.1, -0.05) is 40.0 Å². The Bertz CT molecular complexity index is 55.1. The van der Waals surface area contributed by atoms with Gasteiger partial charge >= 0.3 is 0 Å². The average Bonchev–Trinajstić information content (AvgIpc) is 1.87. The van der Waals surface area contributed by atoms with Crippen LogP contribution in [0.25, 0.3) is 0 Å². The fraction of sp³-hybridized carbons (Fsp3) is 0.900. The summed E-state index contributed by atoms with van der Waals surface area (Å²) in [5.74, 6) is 0.842. The van der Waals surface area contributed by atoms with Gasteiger partial charge in [-0.05, 0) is 25.2 Å². The standard InChI is InChI=1S/C10H20/c1-4-5-6-7-8-9-10(2)3/h10H,4-6,8-9H2,1-3H3. The lowest BCUT2D eigenvalue weighted by atomic mass is 10.0. The van der Waals surface area contributed by atoms with Crippen molar-refractivity contribution in [2.45, 2.75) is 52.9 Å². The predicted molar refractivity (Wildman–Crippen MR) is 46.8 cm³/mol. The Kier molecular flexibility index (Phi) is 7.11. The van der Waals surface area contributed by atoms with E-state index in [1.807, 2.05) is 0 Å². The zero-order valence-corrected chi connectivity index (χ0v) is 7.61. The first-order valence-electron chi connectivity index (χ1n) is 4.48. The fourth-order valence-corrected chi connectivity index (χ4v) is 0.818. The maximum atomic E-state index is 3.42. The summed E-state index contributed by atoms with van der Waals surface area (Å²) in [5, 5.41) is 0. The summed E-state index contributed by atoms with van der Waals surface area (Å²) in [7, 11) is 0. The van der Waals surface area contributed by atoms with Crippen molar-refractivity contribution in [1.82, 2.24) is 0 Å². The van der Waals surface area contributed by atoms with Gasteiger partial charge in [-0.15, -0.1) is 0 Å². The number of hydrogen-bond donors (Lipinski definition) is 0. The van der Waals surface area contributed by atoms with Crippen molar-refractivity contribution in [3.8, 4) is 0 Å². The molecule has 2 radical (unpaired) electrons. The van der Waals surface area contributed by atoms with Crippen LogP contribution in [0.1, 0.15) is 52.9 Å². The summed E-state index contributed by atoms with van der Waals surface area (Å²) in [4.78, 5) is 0. The monoisotopic (exact) mass is 140 g/mol.